The zero-order valence-corrected chi connectivity index (χ0v) is 18.3. The smallest absolute Gasteiger partial charge is 0.242 e. The zero-order valence-electron chi connectivity index (χ0n) is 16.7. The summed E-state index contributed by atoms with van der Waals surface area (Å²) in [6.07, 6.45) is 0. The van der Waals surface area contributed by atoms with Crippen LogP contribution in [-0.2, 0) is 21.4 Å². The Morgan fingerprint density at radius 2 is 1.93 bits per heavy atom. The Bertz CT molecular complexity index is 976. The molecule has 0 fully saturated rings. The Kier molecular flexibility index (Phi) is 6.71. The number of anilines is 1. The molecule has 0 saturated carbocycles. The maximum absolute atomic E-state index is 12.5. The second-order valence-electron chi connectivity index (χ2n) is 6.81. The van der Waals surface area contributed by atoms with Crippen molar-refractivity contribution in [3.05, 3.63) is 48.0 Å². The summed E-state index contributed by atoms with van der Waals surface area (Å²) in [4.78, 5) is 15.6. The number of rotatable bonds is 7. The van der Waals surface area contributed by atoms with Gasteiger partial charge in [0.2, 0.25) is 15.9 Å². The van der Waals surface area contributed by atoms with Gasteiger partial charge in [-0.2, -0.15) is 0 Å². The molecule has 3 rings (SSSR count). The molecule has 1 aliphatic heterocycles. The number of ether oxygens (including phenoxy) is 1. The van der Waals surface area contributed by atoms with Crippen molar-refractivity contribution in [2.75, 3.05) is 44.9 Å². The summed E-state index contributed by atoms with van der Waals surface area (Å²) in [5, 5.41) is 2.92. The van der Waals surface area contributed by atoms with Gasteiger partial charge in [0.25, 0.3) is 0 Å². The van der Waals surface area contributed by atoms with Gasteiger partial charge in [-0.1, -0.05) is 12.1 Å². The van der Waals surface area contributed by atoms with Crippen LogP contribution in [0.5, 0.6) is 5.75 Å². The number of sulfonamides is 1. The number of hydrogen-bond acceptors (Lipinski definition) is 6. The van der Waals surface area contributed by atoms with Crippen molar-refractivity contribution in [3.8, 4) is 5.75 Å². The van der Waals surface area contributed by atoms with Crippen molar-refractivity contribution in [2.24, 2.45) is 0 Å². The van der Waals surface area contributed by atoms with E-state index < -0.39 is 10.0 Å². The van der Waals surface area contributed by atoms with Crippen LogP contribution >= 0.6 is 11.8 Å². The standard InChI is InChI=1S/C20H25N3O4S2/c1-22(2)29(25,26)17-8-9-19-18(12-17)23(10-11-28-19)14-20(24)21-13-15-4-6-16(27-3)7-5-15/h4-9,12H,10-11,13-14H2,1-3H3,(H,21,24). The molecule has 0 spiro atoms. The van der Waals surface area contributed by atoms with Crippen LogP contribution in [0.2, 0.25) is 0 Å². The zero-order chi connectivity index (χ0) is 21.0. The van der Waals surface area contributed by atoms with Crippen molar-refractivity contribution in [2.45, 2.75) is 16.3 Å². The average molecular weight is 436 g/mol. The molecule has 0 aromatic heterocycles. The minimum Gasteiger partial charge on any atom is -0.497 e. The molecular weight excluding hydrogens is 410 g/mol. The highest BCUT2D eigenvalue weighted by molar-refractivity contribution is 7.99. The number of thioether (sulfide) groups is 1. The predicted octanol–water partition coefficient (Wildman–Crippen LogP) is 2.17. The van der Waals surface area contributed by atoms with Crippen LogP contribution in [0.4, 0.5) is 5.69 Å². The summed E-state index contributed by atoms with van der Waals surface area (Å²) >= 11 is 1.67. The molecule has 2 aromatic carbocycles. The van der Waals surface area contributed by atoms with Crippen LogP contribution < -0.4 is 15.0 Å². The summed E-state index contributed by atoms with van der Waals surface area (Å²) in [5.41, 5.74) is 1.76. The van der Waals surface area contributed by atoms with Crippen molar-refractivity contribution >= 4 is 33.4 Å². The topological polar surface area (TPSA) is 79.0 Å². The SMILES string of the molecule is COc1ccc(CNC(=O)CN2CCSc3ccc(S(=O)(=O)N(C)C)cc32)cc1. The molecule has 29 heavy (non-hydrogen) atoms. The number of carbonyl (C=O) groups excluding carboxylic acids is 1. The highest BCUT2D eigenvalue weighted by Gasteiger charge is 2.24. The second-order valence-corrected chi connectivity index (χ2v) is 10.1. The average Bonchev–Trinajstić information content (AvgIpc) is 2.72. The third-order valence-electron chi connectivity index (χ3n) is 4.65. The Hall–Kier alpha value is -2.23. The molecule has 9 heteroatoms. The molecule has 2 aromatic rings. The van der Waals surface area contributed by atoms with E-state index in [4.69, 9.17) is 4.74 Å². The van der Waals surface area contributed by atoms with Gasteiger partial charge in [-0.3, -0.25) is 4.79 Å². The van der Waals surface area contributed by atoms with E-state index in [2.05, 4.69) is 5.32 Å². The summed E-state index contributed by atoms with van der Waals surface area (Å²) in [6.45, 7) is 1.28. The van der Waals surface area contributed by atoms with Gasteiger partial charge in [0, 0.05) is 37.8 Å². The molecule has 0 bridgehead atoms. The molecule has 0 saturated heterocycles. The lowest BCUT2D eigenvalue weighted by Gasteiger charge is -2.31. The minimum atomic E-state index is -3.53. The van der Waals surface area contributed by atoms with E-state index in [0.717, 1.165) is 27.6 Å². The molecular formula is C20H25N3O4S2. The van der Waals surface area contributed by atoms with E-state index in [-0.39, 0.29) is 17.3 Å². The number of carbonyl (C=O) groups is 1. The molecule has 0 unspecified atom stereocenters. The van der Waals surface area contributed by atoms with Crippen LogP contribution in [0.1, 0.15) is 5.56 Å². The molecule has 0 radical (unpaired) electrons. The molecule has 1 aliphatic rings. The number of hydrogen-bond donors (Lipinski definition) is 1. The summed E-state index contributed by atoms with van der Waals surface area (Å²) in [7, 11) is 1.10. The molecule has 7 nitrogen and oxygen atoms in total. The van der Waals surface area contributed by atoms with Crippen LogP contribution in [0, 0.1) is 0 Å². The van der Waals surface area contributed by atoms with Gasteiger partial charge >= 0.3 is 0 Å². The largest absolute Gasteiger partial charge is 0.497 e. The van der Waals surface area contributed by atoms with Gasteiger partial charge in [-0.05, 0) is 35.9 Å². The van der Waals surface area contributed by atoms with E-state index in [1.807, 2.05) is 35.2 Å². The first kappa shape index (κ1) is 21.5. The van der Waals surface area contributed by atoms with Crippen molar-refractivity contribution in [3.63, 3.8) is 0 Å². The predicted molar refractivity (Wildman–Crippen MR) is 115 cm³/mol. The van der Waals surface area contributed by atoms with Gasteiger partial charge in [0.1, 0.15) is 5.75 Å². The number of nitrogens with zero attached hydrogens (tertiary/aromatic N) is 2. The van der Waals surface area contributed by atoms with Gasteiger partial charge in [0.15, 0.2) is 0 Å². The third kappa shape index (κ3) is 5.04. The molecule has 1 heterocycles. The minimum absolute atomic E-state index is 0.112. The van der Waals surface area contributed by atoms with Crippen LogP contribution in [0.15, 0.2) is 52.3 Å². The monoisotopic (exact) mass is 435 g/mol. The normalized spacial score (nSPS) is 13.9. The Morgan fingerprint density at radius 3 is 2.59 bits per heavy atom. The van der Waals surface area contributed by atoms with Crippen molar-refractivity contribution < 1.29 is 17.9 Å². The van der Waals surface area contributed by atoms with Crippen LogP contribution in [0.3, 0.4) is 0 Å². The Labute approximate surface area is 176 Å². The lowest BCUT2D eigenvalue weighted by molar-refractivity contribution is -0.119. The lowest BCUT2D eigenvalue weighted by Crippen LogP contribution is -2.39. The fourth-order valence-corrected chi connectivity index (χ4v) is 4.92. The number of nitrogens with one attached hydrogen (secondary N) is 1. The first-order valence-electron chi connectivity index (χ1n) is 9.15. The van der Waals surface area contributed by atoms with Crippen molar-refractivity contribution in [1.82, 2.24) is 9.62 Å². The van der Waals surface area contributed by atoms with Gasteiger partial charge in [0.05, 0.1) is 24.2 Å². The molecule has 0 atom stereocenters. The van der Waals surface area contributed by atoms with E-state index in [1.54, 1.807) is 31.0 Å². The number of benzene rings is 2. The molecule has 0 aliphatic carbocycles. The highest BCUT2D eigenvalue weighted by Crippen LogP contribution is 2.36. The lowest BCUT2D eigenvalue weighted by atomic mass is 10.2. The Balaban J connectivity index is 1.69. The first-order valence-corrected chi connectivity index (χ1v) is 11.6. The number of methoxy groups -OCH3 is 1. The highest BCUT2D eigenvalue weighted by atomic mass is 32.2. The first-order chi connectivity index (χ1) is 13.8. The maximum Gasteiger partial charge on any atom is 0.242 e. The van der Waals surface area contributed by atoms with Gasteiger partial charge in [-0.15, -0.1) is 11.8 Å². The van der Waals surface area contributed by atoms with Gasteiger partial charge in [-0.25, -0.2) is 12.7 Å². The number of amides is 1. The van der Waals surface area contributed by atoms with E-state index >= 15 is 0 Å². The van der Waals surface area contributed by atoms with E-state index in [9.17, 15) is 13.2 Å². The summed E-state index contributed by atoms with van der Waals surface area (Å²) in [6, 6.07) is 12.6. The summed E-state index contributed by atoms with van der Waals surface area (Å²) < 4.78 is 31.3. The van der Waals surface area contributed by atoms with Crippen LogP contribution in [-0.4, -0.2) is 58.7 Å². The maximum atomic E-state index is 12.5. The Morgan fingerprint density at radius 1 is 1.21 bits per heavy atom. The molecule has 1 N–H and O–H groups in total. The van der Waals surface area contributed by atoms with Gasteiger partial charge < -0.3 is 15.0 Å². The quantitative estimate of drug-likeness (QED) is 0.718. The fourth-order valence-electron chi connectivity index (χ4n) is 2.96. The molecule has 156 valence electrons. The molecule has 1 amide bonds. The second kappa shape index (κ2) is 9.06. The fraction of sp³-hybridized carbons (Fsp3) is 0.350. The van der Waals surface area contributed by atoms with Crippen LogP contribution in [0.25, 0.3) is 0 Å². The summed E-state index contributed by atoms with van der Waals surface area (Å²) in [5.74, 6) is 1.50. The van der Waals surface area contributed by atoms with E-state index in [1.165, 1.54) is 18.4 Å². The van der Waals surface area contributed by atoms with E-state index in [0.29, 0.717) is 13.1 Å². The number of fused-ring (bicyclic) bond motifs is 1. The third-order valence-corrected chi connectivity index (χ3v) is 7.51. The van der Waals surface area contributed by atoms with Crippen molar-refractivity contribution in [1.29, 1.82) is 0 Å².